The molecular formula is C27H38BrN3O4S. The largest absolute Gasteiger partial charge is 0.352 e. The van der Waals surface area contributed by atoms with E-state index in [1.165, 1.54) is 10.6 Å². The quantitative estimate of drug-likeness (QED) is 0.385. The lowest BCUT2D eigenvalue weighted by atomic mass is 10.1. The van der Waals surface area contributed by atoms with Crippen molar-refractivity contribution in [3.63, 3.8) is 0 Å². The summed E-state index contributed by atoms with van der Waals surface area (Å²) in [5.74, 6) is -0.401. The molecule has 0 aliphatic rings. The average molecular weight is 581 g/mol. The fourth-order valence-electron chi connectivity index (χ4n) is 3.82. The normalized spacial score (nSPS) is 13.1. The predicted molar refractivity (Wildman–Crippen MR) is 149 cm³/mol. The number of sulfonamides is 1. The molecule has 0 unspecified atom stereocenters. The van der Waals surface area contributed by atoms with E-state index in [9.17, 15) is 18.0 Å². The van der Waals surface area contributed by atoms with Crippen LogP contribution in [0.3, 0.4) is 0 Å². The molecule has 2 rings (SSSR count). The third-order valence-corrected chi connectivity index (χ3v) is 8.14. The number of nitrogens with one attached hydrogen (secondary N) is 1. The summed E-state index contributed by atoms with van der Waals surface area (Å²) >= 11 is 3.42. The van der Waals surface area contributed by atoms with Crippen LogP contribution in [0.2, 0.25) is 0 Å². The highest BCUT2D eigenvalue weighted by atomic mass is 79.9. The third kappa shape index (κ3) is 8.34. The Balaban J connectivity index is 2.20. The number of rotatable bonds is 12. The van der Waals surface area contributed by atoms with E-state index in [4.69, 9.17) is 0 Å². The van der Waals surface area contributed by atoms with Crippen LogP contribution in [0.25, 0.3) is 0 Å². The van der Waals surface area contributed by atoms with Gasteiger partial charge in [0.05, 0.1) is 11.9 Å². The van der Waals surface area contributed by atoms with Crippen LogP contribution >= 0.6 is 15.9 Å². The van der Waals surface area contributed by atoms with Crippen LogP contribution < -0.4 is 9.62 Å². The molecule has 7 nitrogen and oxygen atoms in total. The van der Waals surface area contributed by atoms with Crippen molar-refractivity contribution in [1.82, 2.24) is 10.2 Å². The molecule has 2 aromatic carbocycles. The molecule has 36 heavy (non-hydrogen) atoms. The monoisotopic (exact) mass is 579 g/mol. The number of halogens is 1. The summed E-state index contributed by atoms with van der Waals surface area (Å²) in [6.07, 6.45) is 2.42. The Bertz CT molecular complexity index is 1150. The molecule has 0 spiro atoms. The summed E-state index contributed by atoms with van der Waals surface area (Å²) in [6.45, 7) is 9.94. The maximum Gasteiger partial charge on any atom is 0.242 e. The Hall–Kier alpha value is -2.39. The second-order valence-electron chi connectivity index (χ2n) is 9.30. The van der Waals surface area contributed by atoms with Crippen LogP contribution in [0.1, 0.15) is 56.7 Å². The van der Waals surface area contributed by atoms with Crippen LogP contribution in [0, 0.1) is 13.8 Å². The number of aryl methyl sites for hydroxylation is 1. The lowest BCUT2D eigenvalue weighted by Gasteiger charge is -2.30. The molecular weight excluding hydrogens is 542 g/mol. The molecule has 0 aromatic heterocycles. The number of carbonyl (C=O) groups excluding carboxylic acids is 2. The van der Waals surface area contributed by atoms with Crippen LogP contribution in [-0.2, 0) is 26.2 Å². The Kier molecular flexibility index (Phi) is 11.0. The molecule has 198 valence electrons. The van der Waals surface area contributed by atoms with Crippen molar-refractivity contribution in [2.75, 3.05) is 17.1 Å². The van der Waals surface area contributed by atoms with E-state index in [1.54, 1.807) is 17.9 Å². The molecule has 0 aliphatic heterocycles. The number of benzene rings is 2. The van der Waals surface area contributed by atoms with Crippen LogP contribution in [0.15, 0.2) is 46.9 Å². The van der Waals surface area contributed by atoms with E-state index < -0.39 is 16.1 Å². The highest BCUT2D eigenvalue weighted by Crippen LogP contribution is 2.25. The van der Waals surface area contributed by atoms with E-state index in [2.05, 4.69) is 21.2 Å². The Morgan fingerprint density at radius 1 is 1.06 bits per heavy atom. The van der Waals surface area contributed by atoms with Gasteiger partial charge in [0.2, 0.25) is 21.8 Å². The van der Waals surface area contributed by atoms with Gasteiger partial charge in [0.15, 0.2) is 0 Å². The first kappa shape index (κ1) is 29.8. The summed E-state index contributed by atoms with van der Waals surface area (Å²) in [5, 5.41) is 2.96. The molecule has 2 amide bonds. The zero-order chi connectivity index (χ0) is 27.0. The molecule has 0 radical (unpaired) electrons. The minimum atomic E-state index is -3.53. The van der Waals surface area contributed by atoms with E-state index in [0.717, 1.165) is 27.6 Å². The zero-order valence-corrected chi connectivity index (χ0v) is 24.4. The second-order valence-corrected chi connectivity index (χ2v) is 12.1. The van der Waals surface area contributed by atoms with Crippen LogP contribution in [-0.4, -0.2) is 50.0 Å². The fraction of sp³-hybridized carbons (Fsp3) is 0.481. The van der Waals surface area contributed by atoms with Gasteiger partial charge in [-0.05, 0) is 75.4 Å². The molecule has 0 heterocycles. The van der Waals surface area contributed by atoms with Crippen LogP contribution in [0.4, 0.5) is 5.69 Å². The van der Waals surface area contributed by atoms with Gasteiger partial charge in [0.1, 0.15) is 6.04 Å². The van der Waals surface area contributed by atoms with Crippen molar-refractivity contribution < 1.29 is 18.0 Å². The molecule has 0 aliphatic carbocycles. The predicted octanol–water partition coefficient (Wildman–Crippen LogP) is 4.94. The van der Waals surface area contributed by atoms with Gasteiger partial charge in [-0.3, -0.25) is 13.9 Å². The Morgan fingerprint density at radius 2 is 1.69 bits per heavy atom. The van der Waals surface area contributed by atoms with Gasteiger partial charge in [-0.2, -0.15) is 0 Å². The summed E-state index contributed by atoms with van der Waals surface area (Å²) in [4.78, 5) is 27.8. The van der Waals surface area contributed by atoms with Gasteiger partial charge in [-0.1, -0.05) is 47.1 Å². The Labute approximate surface area is 224 Å². The number of hydrogen-bond acceptors (Lipinski definition) is 4. The van der Waals surface area contributed by atoms with Crippen molar-refractivity contribution in [2.24, 2.45) is 0 Å². The molecule has 0 saturated heterocycles. The van der Waals surface area contributed by atoms with E-state index in [-0.39, 0.29) is 37.4 Å². The second kappa shape index (κ2) is 13.2. The smallest absolute Gasteiger partial charge is 0.242 e. The van der Waals surface area contributed by atoms with Crippen molar-refractivity contribution in [3.8, 4) is 0 Å². The summed E-state index contributed by atoms with van der Waals surface area (Å²) in [5.41, 5.74) is 3.42. The van der Waals surface area contributed by atoms with Gasteiger partial charge >= 0.3 is 0 Å². The van der Waals surface area contributed by atoms with Gasteiger partial charge in [0.25, 0.3) is 0 Å². The third-order valence-electron chi connectivity index (χ3n) is 6.43. The number of carbonyl (C=O) groups is 2. The molecule has 0 fully saturated rings. The maximum absolute atomic E-state index is 13.4. The number of hydrogen-bond donors (Lipinski definition) is 1. The van der Waals surface area contributed by atoms with Gasteiger partial charge < -0.3 is 10.2 Å². The molecule has 2 aromatic rings. The van der Waals surface area contributed by atoms with Gasteiger partial charge in [-0.15, -0.1) is 0 Å². The van der Waals surface area contributed by atoms with E-state index >= 15 is 0 Å². The van der Waals surface area contributed by atoms with Gasteiger partial charge in [-0.25, -0.2) is 8.42 Å². The number of anilines is 1. The van der Waals surface area contributed by atoms with Crippen molar-refractivity contribution in [2.45, 2.75) is 72.5 Å². The fourth-order valence-corrected chi connectivity index (χ4v) is 5.10. The SMILES string of the molecule is CC[C@@H](C)NC(=O)[C@@H](C)N(Cc1ccc(Br)cc1)C(=O)CCCN(c1cccc(C)c1C)S(C)(=O)=O. The number of nitrogens with zero attached hydrogens (tertiary/aromatic N) is 2. The minimum Gasteiger partial charge on any atom is -0.352 e. The first-order chi connectivity index (χ1) is 16.8. The molecule has 1 N–H and O–H groups in total. The topological polar surface area (TPSA) is 86.8 Å². The summed E-state index contributed by atoms with van der Waals surface area (Å²) < 4.78 is 27.4. The lowest BCUT2D eigenvalue weighted by molar-refractivity contribution is -0.140. The minimum absolute atomic E-state index is 0.00507. The highest BCUT2D eigenvalue weighted by molar-refractivity contribution is 9.10. The summed E-state index contributed by atoms with van der Waals surface area (Å²) in [6, 6.07) is 12.5. The van der Waals surface area contributed by atoms with Crippen molar-refractivity contribution >= 4 is 43.5 Å². The molecule has 0 saturated carbocycles. The lowest BCUT2D eigenvalue weighted by Crippen LogP contribution is -2.49. The summed E-state index contributed by atoms with van der Waals surface area (Å²) in [7, 11) is -3.53. The van der Waals surface area contributed by atoms with Crippen molar-refractivity contribution in [1.29, 1.82) is 0 Å². The first-order valence-electron chi connectivity index (χ1n) is 12.2. The van der Waals surface area contributed by atoms with Crippen molar-refractivity contribution in [3.05, 3.63) is 63.6 Å². The Morgan fingerprint density at radius 3 is 2.28 bits per heavy atom. The van der Waals surface area contributed by atoms with Crippen LogP contribution in [0.5, 0.6) is 0 Å². The average Bonchev–Trinajstić information content (AvgIpc) is 2.82. The first-order valence-corrected chi connectivity index (χ1v) is 14.9. The highest BCUT2D eigenvalue weighted by Gasteiger charge is 2.27. The van der Waals surface area contributed by atoms with E-state index in [1.807, 2.05) is 64.1 Å². The van der Waals surface area contributed by atoms with Gasteiger partial charge in [0, 0.05) is 30.0 Å². The zero-order valence-electron chi connectivity index (χ0n) is 22.0. The maximum atomic E-state index is 13.4. The molecule has 0 bridgehead atoms. The number of amides is 2. The van der Waals surface area contributed by atoms with E-state index in [0.29, 0.717) is 12.1 Å². The standard InChI is InChI=1S/C27H38BrN3O4S/c1-7-20(3)29-27(33)22(5)30(18-23-13-15-24(28)16-14-23)26(32)12-9-17-31(36(6,34)35)25-11-8-10-19(2)21(25)4/h8,10-11,13-16,20,22H,7,9,12,17-18H2,1-6H3,(H,29,33)/t20-,22-/m1/s1. The molecule has 9 heteroatoms. The molecule has 2 atom stereocenters.